The molecule has 0 saturated heterocycles. The van der Waals surface area contributed by atoms with Crippen molar-refractivity contribution in [3.05, 3.63) is 114 Å². The number of aryl methyl sites for hydroxylation is 1. The number of carbonyl (C=O) groups is 1. The lowest BCUT2D eigenvalue weighted by Crippen LogP contribution is -2.69. The first kappa shape index (κ1) is 30.2. The zero-order chi connectivity index (χ0) is 29.5. The van der Waals surface area contributed by atoms with Gasteiger partial charge < -0.3 is 14.9 Å². The summed E-state index contributed by atoms with van der Waals surface area (Å²) in [5.74, 6) is 0.566. The van der Waals surface area contributed by atoms with Gasteiger partial charge in [0.2, 0.25) is 0 Å². The Morgan fingerprint density at radius 1 is 0.927 bits per heavy atom. The Hall–Kier alpha value is -3.81. The molecule has 0 fully saturated rings. The van der Waals surface area contributed by atoms with E-state index >= 15 is 0 Å². The first-order valence-corrected chi connectivity index (χ1v) is 16.7. The maximum absolute atomic E-state index is 13.8. The number of hydrogen-bond donors (Lipinski definition) is 1. The predicted molar refractivity (Wildman–Crippen MR) is 174 cm³/mol. The molecule has 7 heteroatoms. The van der Waals surface area contributed by atoms with Crippen molar-refractivity contribution in [1.82, 2.24) is 0 Å². The van der Waals surface area contributed by atoms with Crippen LogP contribution in [0, 0.1) is 6.92 Å². The molecule has 0 heterocycles. The normalized spacial score (nSPS) is 11.9. The van der Waals surface area contributed by atoms with E-state index in [9.17, 15) is 4.79 Å². The maximum Gasteiger partial charge on any atom is 0.342 e. The van der Waals surface area contributed by atoms with Crippen LogP contribution in [0.5, 0.6) is 5.75 Å². The average molecular weight is 583 g/mol. The summed E-state index contributed by atoms with van der Waals surface area (Å²) in [5.41, 5.74) is 8.47. The van der Waals surface area contributed by atoms with E-state index in [4.69, 9.17) is 14.9 Å². The standard InChI is InChI=1S/C34H38N2O3SSi/c1-6-38-33(37)31-29(23-40-26-16-10-7-11-17-26)32(36-24-35)25(2)22-30(31)39-41(34(3,4)5,27-18-12-8-13-19-27)28-20-14-9-15-21-28/h7-22,24H,6,23H2,1-5H3,(H2,35,36). The number of rotatable bonds is 10. The molecule has 0 aromatic heterocycles. The summed E-state index contributed by atoms with van der Waals surface area (Å²) < 4.78 is 13.0. The van der Waals surface area contributed by atoms with Crippen molar-refractivity contribution in [3.8, 4) is 5.75 Å². The molecule has 0 aliphatic rings. The number of nitrogens with zero attached hydrogens (tertiary/aromatic N) is 1. The molecule has 0 radical (unpaired) electrons. The molecular weight excluding hydrogens is 545 g/mol. The van der Waals surface area contributed by atoms with E-state index in [1.165, 1.54) is 6.34 Å². The largest absolute Gasteiger partial charge is 0.533 e. The molecule has 4 rings (SSSR count). The zero-order valence-electron chi connectivity index (χ0n) is 24.4. The summed E-state index contributed by atoms with van der Waals surface area (Å²) >= 11 is 1.63. The van der Waals surface area contributed by atoms with Crippen molar-refractivity contribution in [3.63, 3.8) is 0 Å². The lowest BCUT2D eigenvalue weighted by atomic mass is 10.0. The maximum atomic E-state index is 13.8. The molecule has 0 amide bonds. The minimum atomic E-state index is -3.04. The van der Waals surface area contributed by atoms with Crippen molar-refractivity contribution >= 4 is 48.4 Å². The second kappa shape index (κ2) is 13.2. The van der Waals surface area contributed by atoms with Gasteiger partial charge in [-0.25, -0.2) is 9.79 Å². The third kappa shape index (κ3) is 6.42. The average Bonchev–Trinajstić information content (AvgIpc) is 2.97. The molecule has 2 N–H and O–H groups in total. The fourth-order valence-electron chi connectivity index (χ4n) is 5.23. The van der Waals surface area contributed by atoms with Crippen LogP contribution in [0.1, 0.15) is 49.2 Å². The molecule has 0 bridgehead atoms. The topological polar surface area (TPSA) is 73.9 Å². The fourth-order valence-corrected chi connectivity index (χ4v) is 10.6. The van der Waals surface area contributed by atoms with Gasteiger partial charge in [0.25, 0.3) is 0 Å². The molecule has 0 aliphatic carbocycles. The van der Waals surface area contributed by atoms with Gasteiger partial charge in [0.05, 0.1) is 18.6 Å². The van der Waals surface area contributed by atoms with Crippen LogP contribution in [-0.4, -0.2) is 27.2 Å². The van der Waals surface area contributed by atoms with Crippen LogP contribution in [0.3, 0.4) is 0 Å². The second-order valence-corrected chi connectivity index (χ2v) is 16.0. The van der Waals surface area contributed by atoms with Crippen LogP contribution in [0.2, 0.25) is 5.04 Å². The highest BCUT2D eigenvalue weighted by molar-refractivity contribution is 7.98. The smallest absolute Gasteiger partial charge is 0.342 e. The lowest BCUT2D eigenvalue weighted by Gasteiger charge is -2.43. The quantitative estimate of drug-likeness (QED) is 0.0715. The van der Waals surface area contributed by atoms with E-state index in [-0.39, 0.29) is 11.6 Å². The summed E-state index contributed by atoms with van der Waals surface area (Å²) in [6.45, 7) is 10.7. The van der Waals surface area contributed by atoms with E-state index in [0.717, 1.165) is 26.4 Å². The minimum absolute atomic E-state index is 0.242. The van der Waals surface area contributed by atoms with Gasteiger partial charge in [-0.15, -0.1) is 11.8 Å². The molecule has 0 saturated carbocycles. The number of nitrogens with two attached hydrogens (primary N) is 1. The molecule has 4 aromatic rings. The monoisotopic (exact) mass is 582 g/mol. The molecule has 4 aromatic carbocycles. The fraction of sp³-hybridized carbons (Fsp3) is 0.235. The number of hydrogen-bond acceptors (Lipinski definition) is 5. The molecule has 0 aliphatic heterocycles. The number of benzene rings is 4. The number of esters is 1. The lowest BCUT2D eigenvalue weighted by molar-refractivity contribution is 0.0523. The number of aliphatic imine (C=N–C) groups is 1. The van der Waals surface area contributed by atoms with E-state index < -0.39 is 14.3 Å². The van der Waals surface area contributed by atoms with Crippen molar-refractivity contribution in [1.29, 1.82) is 0 Å². The van der Waals surface area contributed by atoms with E-state index in [0.29, 0.717) is 22.8 Å². The Labute approximate surface area is 249 Å². The predicted octanol–water partition coefficient (Wildman–Crippen LogP) is 7.02. The van der Waals surface area contributed by atoms with Gasteiger partial charge >= 0.3 is 14.3 Å². The van der Waals surface area contributed by atoms with Gasteiger partial charge in [0, 0.05) is 16.2 Å². The first-order chi connectivity index (χ1) is 19.7. The van der Waals surface area contributed by atoms with Crippen LogP contribution in [0.15, 0.2) is 107 Å². The minimum Gasteiger partial charge on any atom is -0.533 e. The van der Waals surface area contributed by atoms with Gasteiger partial charge in [-0.2, -0.15) is 0 Å². The Morgan fingerprint density at radius 3 is 1.95 bits per heavy atom. The van der Waals surface area contributed by atoms with Gasteiger partial charge in [0.1, 0.15) is 11.3 Å². The first-order valence-electron chi connectivity index (χ1n) is 13.8. The number of ether oxygens (including phenoxy) is 1. The van der Waals surface area contributed by atoms with Crippen molar-refractivity contribution < 1.29 is 14.0 Å². The third-order valence-corrected chi connectivity index (χ3v) is 13.0. The summed E-state index contributed by atoms with van der Waals surface area (Å²) in [6.07, 6.45) is 1.27. The van der Waals surface area contributed by atoms with Crippen molar-refractivity contribution in [2.75, 3.05) is 6.61 Å². The summed E-state index contributed by atoms with van der Waals surface area (Å²) in [7, 11) is -3.04. The highest BCUT2D eigenvalue weighted by Gasteiger charge is 2.52. The van der Waals surface area contributed by atoms with Crippen LogP contribution in [0.25, 0.3) is 0 Å². The third-order valence-electron chi connectivity index (χ3n) is 7.04. The van der Waals surface area contributed by atoms with Crippen molar-refractivity contribution in [2.45, 2.75) is 50.3 Å². The van der Waals surface area contributed by atoms with Crippen LogP contribution >= 0.6 is 11.8 Å². The number of thioether (sulfide) groups is 1. The van der Waals surface area contributed by atoms with Crippen LogP contribution < -0.4 is 20.5 Å². The zero-order valence-corrected chi connectivity index (χ0v) is 26.2. The van der Waals surface area contributed by atoms with Gasteiger partial charge in [-0.1, -0.05) is 99.6 Å². The Balaban J connectivity index is 2.01. The van der Waals surface area contributed by atoms with E-state index in [2.05, 4.69) is 62.2 Å². The van der Waals surface area contributed by atoms with Crippen LogP contribution in [0.4, 0.5) is 5.69 Å². The van der Waals surface area contributed by atoms with Crippen molar-refractivity contribution in [2.24, 2.45) is 10.7 Å². The molecule has 212 valence electrons. The molecular formula is C34H38N2O3SSi. The number of carbonyl (C=O) groups excluding carboxylic acids is 1. The van der Waals surface area contributed by atoms with Crippen LogP contribution in [-0.2, 0) is 10.5 Å². The molecule has 0 spiro atoms. The van der Waals surface area contributed by atoms with E-state index in [1.54, 1.807) is 11.8 Å². The van der Waals surface area contributed by atoms with E-state index in [1.807, 2.05) is 74.5 Å². The molecule has 5 nitrogen and oxygen atoms in total. The van der Waals surface area contributed by atoms with Gasteiger partial charge in [-0.05, 0) is 53.0 Å². The van der Waals surface area contributed by atoms with Gasteiger partial charge in [-0.3, -0.25) is 0 Å². The second-order valence-electron chi connectivity index (χ2n) is 10.8. The Kier molecular flexibility index (Phi) is 9.73. The van der Waals surface area contributed by atoms with Gasteiger partial charge in [0.15, 0.2) is 0 Å². The highest BCUT2D eigenvalue weighted by Crippen LogP contribution is 2.43. The molecule has 41 heavy (non-hydrogen) atoms. The SMILES string of the molecule is CCOC(=O)c1c(O[Si](c2ccccc2)(c2ccccc2)C(C)(C)C)cc(C)c(/N=C\N)c1CSc1ccccc1. The Morgan fingerprint density at radius 2 is 1.46 bits per heavy atom. The summed E-state index contributed by atoms with van der Waals surface area (Å²) in [5, 5.41) is 1.95. The Bertz CT molecular complexity index is 1450. The highest BCUT2D eigenvalue weighted by atomic mass is 32.2. The molecule has 0 unspecified atom stereocenters. The summed E-state index contributed by atoms with van der Waals surface area (Å²) in [4.78, 5) is 19.4. The molecule has 0 atom stereocenters. The summed E-state index contributed by atoms with van der Waals surface area (Å²) in [6, 6.07) is 32.8.